The van der Waals surface area contributed by atoms with Crippen molar-refractivity contribution in [3.63, 3.8) is 0 Å². The third-order valence-electron chi connectivity index (χ3n) is 2.46. The van der Waals surface area contributed by atoms with Gasteiger partial charge in [-0.1, -0.05) is 15.9 Å². The molecule has 0 spiro atoms. The second-order valence-electron chi connectivity index (χ2n) is 3.64. The van der Waals surface area contributed by atoms with E-state index in [0.29, 0.717) is 5.33 Å². The van der Waals surface area contributed by atoms with Crippen molar-refractivity contribution in [2.24, 2.45) is 0 Å². The monoisotopic (exact) mass is 297 g/mol. The first-order chi connectivity index (χ1) is 7.51. The lowest BCUT2D eigenvalue weighted by Crippen LogP contribution is -2.64. The van der Waals surface area contributed by atoms with Gasteiger partial charge >= 0.3 is 0 Å². The Labute approximate surface area is 102 Å². The maximum Gasteiger partial charge on any atom is 0.217 e. The average molecular weight is 298 g/mol. The Morgan fingerprint density at radius 1 is 1.50 bits per heavy atom. The highest BCUT2D eigenvalue weighted by Gasteiger charge is 2.44. The van der Waals surface area contributed by atoms with Gasteiger partial charge in [0.25, 0.3) is 0 Å². The number of ether oxygens (including phenoxy) is 2. The lowest BCUT2D eigenvalue weighted by atomic mass is 9.97. The Morgan fingerprint density at radius 2 is 2.12 bits per heavy atom. The van der Waals surface area contributed by atoms with Gasteiger partial charge in [-0.3, -0.25) is 4.79 Å². The molecule has 16 heavy (non-hydrogen) atoms. The number of aliphatic hydroxyl groups is 2. The van der Waals surface area contributed by atoms with Crippen LogP contribution in [-0.2, 0) is 14.3 Å². The Balaban J connectivity index is 2.77. The molecule has 0 aromatic heterocycles. The first-order valence-corrected chi connectivity index (χ1v) is 6.00. The van der Waals surface area contributed by atoms with Crippen molar-refractivity contribution in [1.29, 1.82) is 0 Å². The van der Waals surface area contributed by atoms with Crippen molar-refractivity contribution in [2.45, 2.75) is 37.6 Å². The molecule has 1 rings (SSSR count). The summed E-state index contributed by atoms with van der Waals surface area (Å²) in [5.74, 6) is -0.320. The highest BCUT2D eigenvalue weighted by molar-refractivity contribution is 9.09. The van der Waals surface area contributed by atoms with E-state index in [1.54, 1.807) is 0 Å². The van der Waals surface area contributed by atoms with E-state index in [4.69, 9.17) is 9.47 Å². The van der Waals surface area contributed by atoms with Gasteiger partial charge in [-0.25, -0.2) is 0 Å². The molecule has 6 nitrogen and oxygen atoms in total. The van der Waals surface area contributed by atoms with Crippen LogP contribution in [0.5, 0.6) is 0 Å². The van der Waals surface area contributed by atoms with E-state index < -0.39 is 30.6 Å². The molecule has 7 heteroatoms. The zero-order chi connectivity index (χ0) is 12.3. The van der Waals surface area contributed by atoms with E-state index in [9.17, 15) is 15.0 Å². The number of halogens is 1. The van der Waals surface area contributed by atoms with Gasteiger partial charge < -0.3 is 25.0 Å². The molecule has 1 fully saturated rings. The summed E-state index contributed by atoms with van der Waals surface area (Å²) in [6.45, 7) is 1.32. The molecule has 0 aromatic carbocycles. The van der Waals surface area contributed by atoms with E-state index in [1.807, 2.05) is 0 Å². The maximum absolute atomic E-state index is 11.0. The molecule has 0 unspecified atom stereocenters. The van der Waals surface area contributed by atoms with Crippen molar-refractivity contribution in [2.75, 3.05) is 12.4 Å². The van der Waals surface area contributed by atoms with E-state index in [2.05, 4.69) is 21.2 Å². The minimum Gasteiger partial charge on any atom is -0.388 e. The maximum atomic E-state index is 11.0. The van der Waals surface area contributed by atoms with Crippen LogP contribution in [0.25, 0.3) is 0 Å². The molecule has 3 N–H and O–H groups in total. The lowest BCUT2D eigenvalue weighted by molar-refractivity contribution is -0.250. The Kier molecular flexibility index (Phi) is 5.13. The predicted octanol–water partition coefficient (Wildman–Crippen LogP) is -1.02. The molecule has 0 bridgehead atoms. The summed E-state index contributed by atoms with van der Waals surface area (Å²) < 4.78 is 10.4. The number of methoxy groups -OCH3 is 1. The minimum atomic E-state index is -1.12. The summed E-state index contributed by atoms with van der Waals surface area (Å²) in [5, 5.41) is 22.4. The average Bonchev–Trinajstić information content (AvgIpc) is 2.25. The van der Waals surface area contributed by atoms with Gasteiger partial charge in [-0.05, 0) is 0 Å². The number of rotatable bonds is 3. The lowest BCUT2D eigenvalue weighted by Gasteiger charge is -2.41. The number of carbonyl (C=O) groups excluding carboxylic acids is 1. The molecule has 0 aromatic rings. The summed E-state index contributed by atoms with van der Waals surface area (Å²) in [6.07, 6.45) is -3.53. The van der Waals surface area contributed by atoms with E-state index >= 15 is 0 Å². The molecule has 1 aliphatic heterocycles. The largest absolute Gasteiger partial charge is 0.388 e. The fraction of sp³-hybridized carbons (Fsp3) is 0.889. The van der Waals surface area contributed by atoms with Crippen molar-refractivity contribution in [1.82, 2.24) is 5.32 Å². The molecule has 0 saturated carbocycles. The Morgan fingerprint density at radius 3 is 2.56 bits per heavy atom. The van der Waals surface area contributed by atoms with Gasteiger partial charge in [0.2, 0.25) is 5.91 Å². The molecule has 0 aliphatic carbocycles. The molecule has 1 aliphatic rings. The minimum absolute atomic E-state index is 0.320. The van der Waals surface area contributed by atoms with Crippen LogP contribution in [0, 0.1) is 0 Å². The molecular weight excluding hydrogens is 282 g/mol. The van der Waals surface area contributed by atoms with Crippen LogP contribution in [0.15, 0.2) is 0 Å². The first kappa shape index (κ1) is 13.9. The molecule has 94 valence electrons. The Bertz CT molecular complexity index is 250. The number of alkyl halides is 1. The highest BCUT2D eigenvalue weighted by Crippen LogP contribution is 2.22. The number of hydrogen-bond donors (Lipinski definition) is 3. The van der Waals surface area contributed by atoms with Crippen molar-refractivity contribution in [3.8, 4) is 0 Å². The molecule has 1 saturated heterocycles. The molecular formula is C9H16BrNO5. The van der Waals surface area contributed by atoms with E-state index in [0.717, 1.165) is 0 Å². The van der Waals surface area contributed by atoms with Crippen LogP contribution in [0.2, 0.25) is 0 Å². The third kappa shape index (κ3) is 2.92. The quantitative estimate of drug-likeness (QED) is 0.581. The van der Waals surface area contributed by atoms with Gasteiger partial charge in [-0.2, -0.15) is 0 Å². The van der Waals surface area contributed by atoms with Crippen molar-refractivity contribution >= 4 is 21.8 Å². The van der Waals surface area contributed by atoms with Crippen LogP contribution in [0.4, 0.5) is 0 Å². The number of aliphatic hydroxyl groups excluding tert-OH is 2. The van der Waals surface area contributed by atoms with Crippen LogP contribution in [0.3, 0.4) is 0 Å². The number of amides is 1. The second-order valence-corrected chi connectivity index (χ2v) is 4.29. The Hall–Kier alpha value is -0.210. The number of carbonyl (C=O) groups is 1. The summed E-state index contributed by atoms with van der Waals surface area (Å²) in [6, 6.07) is -0.771. The second kappa shape index (κ2) is 5.92. The summed E-state index contributed by atoms with van der Waals surface area (Å²) in [4.78, 5) is 11.0. The third-order valence-corrected chi connectivity index (χ3v) is 3.09. The van der Waals surface area contributed by atoms with E-state index in [1.165, 1.54) is 14.0 Å². The van der Waals surface area contributed by atoms with Crippen LogP contribution < -0.4 is 5.32 Å². The molecule has 0 radical (unpaired) electrons. The van der Waals surface area contributed by atoms with Crippen LogP contribution in [-0.4, -0.2) is 59.2 Å². The molecule has 5 atom stereocenters. The first-order valence-electron chi connectivity index (χ1n) is 4.88. The summed E-state index contributed by atoms with van der Waals surface area (Å²) in [7, 11) is 1.41. The SMILES string of the molecule is CO[C@H]1O[C@H](CBr)[C@@H](O)[C@H](O)[C@H]1NC(C)=O. The fourth-order valence-electron chi connectivity index (χ4n) is 1.65. The summed E-state index contributed by atoms with van der Waals surface area (Å²) in [5.41, 5.74) is 0. The van der Waals surface area contributed by atoms with Crippen molar-refractivity contribution < 1.29 is 24.5 Å². The fourth-order valence-corrected chi connectivity index (χ4v) is 2.18. The topological polar surface area (TPSA) is 88.0 Å². The highest BCUT2D eigenvalue weighted by atomic mass is 79.9. The number of hydrogen-bond acceptors (Lipinski definition) is 5. The molecule has 1 heterocycles. The van der Waals surface area contributed by atoms with Gasteiger partial charge in [0.05, 0.1) is 6.10 Å². The van der Waals surface area contributed by atoms with Crippen LogP contribution in [0.1, 0.15) is 6.92 Å². The predicted molar refractivity (Wildman–Crippen MR) is 59.1 cm³/mol. The zero-order valence-corrected chi connectivity index (χ0v) is 10.7. The normalized spacial score (nSPS) is 39.4. The van der Waals surface area contributed by atoms with Crippen molar-refractivity contribution in [3.05, 3.63) is 0 Å². The summed E-state index contributed by atoms with van der Waals surface area (Å²) >= 11 is 3.17. The van der Waals surface area contributed by atoms with Gasteiger partial charge in [-0.15, -0.1) is 0 Å². The van der Waals surface area contributed by atoms with Crippen LogP contribution >= 0.6 is 15.9 Å². The zero-order valence-electron chi connectivity index (χ0n) is 9.09. The van der Waals surface area contributed by atoms with Gasteiger partial charge in [0, 0.05) is 19.4 Å². The van der Waals surface area contributed by atoms with Gasteiger partial charge in [0.1, 0.15) is 18.2 Å². The molecule has 1 amide bonds. The standard InChI is InChI=1S/C9H16BrNO5/c1-4(12)11-6-8(14)7(13)5(3-10)16-9(6)15-2/h5-9,13-14H,3H2,1-2H3,(H,11,12)/t5-,6-,7-,8-,9+/m1/s1. The van der Waals surface area contributed by atoms with Gasteiger partial charge in [0.15, 0.2) is 6.29 Å². The smallest absolute Gasteiger partial charge is 0.217 e. The van der Waals surface area contributed by atoms with E-state index in [-0.39, 0.29) is 5.91 Å². The number of nitrogens with one attached hydrogen (secondary N) is 1.